The van der Waals surface area contributed by atoms with E-state index in [2.05, 4.69) is 31.9 Å². The van der Waals surface area contributed by atoms with Crippen molar-refractivity contribution in [2.24, 2.45) is 0 Å². The number of esters is 1. The molecule has 2 aromatic rings. The fourth-order valence-corrected chi connectivity index (χ4v) is 2.25. The standard InChI is InChI=1S/C14H10Br2FNO2/c15-11-4-2-8(5-13(11)18)14(19)20-7-9-1-3-10(17)6-12(9)16/h1-6H,7,18H2. The number of halogens is 3. The first-order chi connectivity index (χ1) is 9.47. The van der Waals surface area contributed by atoms with Gasteiger partial charge in [-0.3, -0.25) is 0 Å². The summed E-state index contributed by atoms with van der Waals surface area (Å²) in [5.74, 6) is -0.840. The van der Waals surface area contributed by atoms with Crippen LogP contribution in [0.3, 0.4) is 0 Å². The molecule has 6 heteroatoms. The Morgan fingerprint density at radius 3 is 2.55 bits per heavy atom. The lowest BCUT2D eigenvalue weighted by Crippen LogP contribution is -2.06. The van der Waals surface area contributed by atoms with Crippen molar-refractivity contribution in [3.05, 3.63) is 62.3 Å². The van der Waals surface area contributed by atoms with Gasteiger partial charge in [-0.15, -0.1) is 0 Å². The Hall–Kier alpha value is -1.40. The Labute approximate surface area is 132 Å². The lowest BCUT2D eigenvalue weighted by molar-refractivity contribution is 0.0472. The highest BCUT2D eigenvalue weighted by molar-refractivity contribution is 9.10. The van der Waals surface area contributed by atoms with Crippen LogP contribution in [-0.4, -0.2) is 5.97 Å². The molecule has 0 aliphatic rings. The van der Waals surface area contributed by atoms with Gasteiger partial charge in [-0.2, -0.15) is 0 Å². The van der Waals surface area contributed by atoms with Gasteiger partial charge in [-0.25, -0.2) is 9.18 Å². The van der Waals surface area contributed by atoms with Crippen LogP contribution in [0.25, 0.3) is 0 Å². The van der Waals surface area contributed by atoms with Crippen LogP contribution in [-0.2, 0) is 11.3 Å². The van der Waals surface area contributed by atoms with E-state index < -0.39 is 5.97 Å². The van der Waals surface area contributed by atoms with Crippen molar-refractivity contribution in [1.82, 2.24) is 0 Å². The van der Waals surface area contributed by atoms with E-state index in [1.807, 2.05) is 0 Å². The summed E-state index contributed by atoms with van der Waals surface area (Å²) in [6, 6.07) is 9.02. The van der Waals surface area contributed by atoms with Gasteiger partial charge in [-0.05, 0) is 46.3 Å². The van der Waals surface area contributed by atoms with E-state index in [0.29, 0.717) is 21.3 Å². The topological polar surface area (TPSA) is 52.3 Å². The minimum absolute atomic E-state index is 0.0513. The van der Waals surface area contributed by atoms with Crippen molar-refractivity contribution in [2.75, 3.05) is 5.73 Å². The van der Waals surface area contributed by atoms with Crippen molar-refractivity contribution in [2.45, 2.75) is 6.61 Å². The monoisotopic (exact) mass is 401 g/mol. The number of hydrogen-bond acceptors (Lipinski definition) is 3. The maximum Gasteiger partial charge on any atom is 0.338 e. The predicted molar refractivity (Wildman–Crippen MR) is 81.8 cm³/mol. The summed E-state index contributed by atoms with van der Waals surface area (Å²) in [4.78, 5) is 11.9. The van der Waals surface area contributed by atoms with Gasteiger partial charge in [0.1, 0.15) is 12.4 Å². The Morgan fingerprint density at radius 2 is 1.90 bits per heavy atom. The summed E-state index contributed by atoms with van der Waals surface area (Å²) in [7, 11) is 0. The third-order valence-electron chi connectivity index (χ3n) is 2.61. The molecule has 0 aromatic heterocycles. The quantitative estimate of drug-likeness (QED) is 0.615. The molecule has 2 N–H and O–H groups in total. The highest BCUT2D eigenvalue weighted by Crippen LogP contribution is 2.22. The van der Waals surface area contributed by atoms with E-state index in [0.717, 1.165) is 4.47 Å². The second kappa shape index (κ2) is 6.37. The minimum Gasteiger partial charge on any atom is -0.457 e. The summed E-state index contributed by atoms with van der Waals surface area (Å²) in [5, 5.41) is 0. The lowest BCUT2D eigenvalue weighted by Gasteiger charge is -2.08. The molecule has 0 heterocycles. The van der Waals surface area contributed by atoms with Crippen LogP contribution in [0.5, 0.6) is 0 Å². The van der Waals surface area contributed by atoms with Crippen LogP contribution >= 0.6 is 31.9 Å². The molecule has 0 spiro atoms. The van der Waals surface area contributed by atoms with Gasteiger partial charge in [0.15, 0.2) is 0 Å². The van der Waals surface area contributed by atoms with Crippen molar-refractivity contribution >= 4 is 43.5 Å². The molecule has 2 aromatic carbocycles. The Kier molecular flexibility index (Phi) is 4.77. The zero-order chi connectivity index (χ0) is 14.7. The summed E-state index contributed by atoms with van der Waals surface area (Å²) in [6.07, 6.45) is 0. The van der Waals surface area contributed by atoms with E-state index in [9.17, 15) is 9.18 Å². The van der Waals surface area contributed by atoms with Crippen LogP contribution in [0.1, 0.15) is 15.9 Å². The molecule has 0 unspecified atom stereocenters. The minimum atomic E-state index is -0.486. The van der Waals surface area contributed by atoms with E-state index in [1.54, 1.807) is 18.2 Å². The average molecular weight is 403 g/mol. The number of hydrogen-bond donors (Lipinski definition) is 1. The number of nitrogen functional groups attached to an aromatic ring is 1. The largest absolute Gasteiger partial charge is 0.457 e. The molecule has 20 heavy (non-hydrogen) atoms. The fourth-order valence-electron chi connectivity index (χ4n) is 1.54. The van der Waals surface area contributed by atoms with Crippen LogP contribution in [0.2, 0.25) is 0 Å². The molecule has 0 bridgehead atoms. The molecule has 0 atom stereocenters. The third kappa shape index (κ3) is 3.58. The van der Waals surface area contributed by atoms with Crippen molar-refractivity contribution in [1.29, 1.82) is 0 Å². The van der Waals surface area contributed by atoms with Crippen molar-refractivity contribution in [3.63, 3.8) is 0 Å². The number of benzene rings is 2. The Bertz CT molecular complexity index is 662. The molecule has 3 nitrogen and oxygen atoms in total. The van der Waals surface area contributed by atoms with E-state index in [4.69, 9.17) is 10.5 Å². The van der Waals surface area contributed by atoms with E-state index in [-0.39, 0.29) is 12.4 Å². The summed E-state index contributed by atoms with van der Waals surface area (Å²) in [6.45, 7) is 0.0513. The molecule has 0 fully saturated rings. The first-order valence-corrected chi connectivity index (χ1v) is 7.22. The molecule has 2 rings (SSSR count). The number of nitrogens with two attached hydrogens (primary N) is 1. The van der Waals surface area contributed by atoms with Crippen LogP contribution in [0, 0.1) is 5.82 Å². The second-order valence-electron chi connectivity index (χ2n) is 4.05. The number of carbonyl (C=O) groups is 1. The zero-order valence-electron chi connectivity index (χ0n) is 10.2. The van der Waals surface area contributed by atoms with Crippen LogP contribution in [0.15, 0.2) is 45.3 Å². The summed E-state index contributed by atoms with van der Waals surface area (Å²) >= 11 is 6.47. The van der Waals surface area contributed by atoms with Crippen LogP contribution < -0.4 is 5.73 Å². The molecule has 0 saturated carbocycles. The highest BCUT2D eigenvalue weighted by Gasteiger charge is 2.10. The van der Waals surface area contributed by atoms with E-state index >= 15 is 0 Å². The molecule has 0 amide bonds. The molecule has 104 valence electrons. The smallest absolute Gasteiger partial charge is 0.338 e. The zero-order valence-corrected chi connectivity index (χ0v) is 13.4. The number of anilines is 1. The molecule has 0 saturated heterocycles. The molecule has 0 aliphatic heterocycles. The Morgan fingerprint density at radius 1 is 1.15 bits per heavy atom. The first kappa shape index (κ1) is 15.0. The summed E-state index contributed by atoms with van der Waals surface area (Å²) in [5.41, 5.74) is 7.21. The number of ether oxygens (including phenoxy) is 1. The molecule has 0 aliphatic carbocycles. The first-order valence-electron chi connectivity index (χ1n) is 5.63. The Balaban J connectivity index is 2.06. The molecular formula is C14H10Br2FNO2. The van der Waals surface area contributed by atoms with Gasteiger partial charge >= 0.3 is 5.97 Å². The molecule has 0 radical (unpaired) electrons. The van der Waals surface area contributed by atoms with Gasteiger partial charge in [0.2, 0.25) is 0 Å². The van der Waals surface area contributed by atoms with E-state index in [1.165, 1.54) is 18.2 Å². The maximum absolute atomic E-state index is 12.9. The van der Waals surface area contributed by atoms with Gasteiger partial charge < -0.3 is 10.5 Å². The molecular weight excluding hydrogens is 393 g/mol. The third-order valence-corrected chi connectivity index (χ3v) is 4.07. The number of carbonyl (C=O) groups excluding carboxylic acids is 1. The second-order valence-corrected chi connectivity index (χ2v) is 5.76. The average Bonchev–Trinajstić information content (AvgIpc) is 2.40. The van der Waals surface area contributed by atoms with Gasteiger partial charge in [0.05, 0.1) is 5.56 Å². The summed E-state index contributed by atoms with van der Waals surface area (Å²) < 4.78 is 19.4. The normalized spacial score (nSPS) is 10.3. The SMILES string of the molecule is Nc1cc(C(=O)OCc2ccc(F)cc2Br)ccc1Br. The fraction of sp³-hybridized carbons (Fsp3) is 0.0714. The van der Waals surface area contributed by atoms with Gasteiger partial charge in [0, 0.05) is 20.2 Å². The van der Waals surface area contributed by atoms with Gasteiger partial charge in [0.25, 0.3) is 0 Å². The van der Waals surface area contributed by atoms with Crippen molar-refractivity contribution in [3.8, 4) is 0 Å². The van der Waals surface area contributed by atoms with Crippen molar-refractivity contribution < 1.29 is 13.9 Å². The number of rotatable bonds is 3. The van der Waals surface area contributed by atoms with Gasteiger partial charge in [-0.1, -0.05) is 22.0 Å². The maximum atomic E-state index is 12.9. The lowest BCUT2D eigenvalue weighted by atomic mass is 10.2. The highest BCUT2D eigenvalue weighted by atomic mass is 79.9. The predicted octanol–water partition coefficient (Wildman–Crippen LogP) is 4.29. The van der Waals surface area contributed by atoms with Crippen LogP contribution in [0.4, 0.5) is 10.1 Å².